The zero-order chi connectivity index (χ0) is 31.1. The van der Waals surface area contributed by atoms with Crippen LogP contribution in [0.5, 0.6) is 0 Å². The van der Waals surface area contributed by atoms with E-state index in [9.17, 15) is 19.2 Å². The molecule has 4 rings (SSSR count). The van der Waals surface area contributed by atoms with Gasteiger partial charge in [0.25, 0.3) is 0 Å². The molecule has 0 amide bonds. The molecule has 0 aliphatic carbocycles. The summed E-state index contributed by atoms with van der Waals surface area (Å²) in [5.74, 6) is -4.05. The summed E-state index contributed by atoms with van der Waals surface area (Å²) in [6.07, 6.45) is 2.19. The number of ether oxygens (including phenoxy) is 1. The molecule has 0 saturated carbocycles. The molecule has 1 atom stereocenters. The number of hydrogen-bond donors (Lipinski definition) is 4. The highest BCUT2D eigenvalue weighted by Crippen LogP contribution is 2.42. The first-order valence-corrected chi connectivity index (χ1v) is 14.1. The molecule has 0 aromatic heterocycles. The number of likely N-dealkylation sites (N-methyl/N-ethyl adjacent to an activating group) is 1. The zero-order valence-corrected chi connectivity index (χ0v) is 24.5. The van der Waals surface area contributed by atoms with Gasteiger partial charge in [-0.2, -0.15) is 0 Å². The molecule has 226 valence electrons. The number of halogens is 1. The van der Waals surface area contributed by atoms with Crippen LogP contribution in [-0.4, -0.2) is 100 Å². The summed E-state index contributed by atoms with van der Waals surface area (Å²) in [6, 6.07) is 14.8. The fraction of sp³-hybridized carbons (Fsp3) is 0.310. The molecule has 2 heterocycles. The number of piperazine rings is 1. The van der Waals surface area contributed by atoms with E-state index in [0.29, 0.717) is 24.3 Å². The molecule has 2 aliphatic rings. The molecule has 2 aromatic rings. The number of nitrogens with zero attached hydrogens (tertiary/aromatic N) is 2. The van der Waals surface area contributed by atoms with Gasteiger partial charge in [-0.3, -0.25) is 4.90 Å². The van der Waals surface area contributed by atoms with Crippen LogP contribution in [0.15, 0.2) is 71.7 Å². The Morgan fingerprint density at radius 2 is 1.40 bits per heavy atom. The van der Waals surface area contributed by atoms with Crippen LogP contribution in [-0.2, 0) is 29.7 Å². The predicted molar refractivity (Wildman–Crippen MR) is 158 cm³/mol. The van der Waals surface area contributed by atoms with Crippen LogP contribution in [0.2, 0.25) is 5.02 Å². The van der Waals surface area contributed by atoms with Crippen molar-refractivity contribution >= 4 is 47.2 Å². The fourth-order valence-corrected chi connectivity index (χ4v) is 5.19. The molecule has 2 aliphatic heterocycles. The van der Waals surface area contributed by atoms with Gasteiger partial charge in [0.1, 0.15) is 6.10 Å². The highest BCUT2D eigenvalue weighted by Gasteiger charge is 2.25. The number of carboxylic acids is 4. The van der Waals surface area contributed by atoms with E-state index >= 15 is 0 Å². The van der Waals surface area contributed by atoms with E-state index in [1.165, 1.54) is 21.6 Å². The number of aliphatic carboxylic acids is 4. The first-order chi connectivity index (χ1) is 20.0. The van der Waals surface area contributed by atoms with Crippen LogP contribution in [0.1, 0.15) is 22.8 Å². The van der Waals surface area contributed by atoms with Crippen molar-refractivity contribution in [3.05, 3.63) is 88.5 Å². The van der Waals surface area contributed by atoms with Gasteiger partial charge in [0.05, 0.1) is 6.61 Å². The fourth-order valence-electron chi connectivity index (χ4n) is 3.94. The lowest BCUT2D eigenvalue weighted by molar-refractivity contribution is -0.134. The number of fused-ring (bicyclic) bond motifs is 2. The molecule has 13 heteroatoms. The van der Waals surface area contributed by atoms with E-state index in [2.05, 4.69) is 53.2 Å². The molecule has 1 saturated heterocycles. The number of carboxylic acid groups (broad SMARTS) is 4. The molecule has 2 aromatic carbocycles. The van der Waals surface area contributed by atoms with E-state index in [0.717, 1.165) is 50.1 Å². The van der Waals surface area contributed by atoms with Gasteiger partial charge in [0.15, 0.2) is 0 Å². The molecule has 1 fully saturated rings. The minimum Gasteiger partial charge on any atom is -0.478 e. The molecule has 4 N–H and O–H groups in total. The van der Waals surface area contributed by atoms with Crippen molar-refractivity contribution in [2.45, 2.75) is 16.8 Å². The zero-order valence-electron chi connectivity index (χ0n) is 22.9. The Morgan fingerprint density at radius 1 is 0.857 bits per heavy atom. The van der Waals surface area contributed by atoms with Gasteiger partial charge in [0, 0.05) is 78.3 Å². The maximum Gasteiger partial charge on any atom is 0.328 e. The topological polar surface area (TPSA) is 165 Å². The van der Waals surface area contributed by atoms with Gasteiger partial charge >= 0.3 is 23.9 Å². The lowest BCUT2D eigenvalue weighted by atomic mass is 9.97. The maximum absolute atomic E-state index is 9.55. The Bertz CT molecular complexity index is 1230. The monoisotopic (exact) mass is 620 g/mol. The molecule has 11 nitrogen and oxygen atoms in total. The normalized spacial score (nSPS) is 16.7. The van der Waals surface area contributed by atoms with Crippen LogP contribution < -0.4 is 0 Å². The average Bonchev–Trinajstić information content (AvgIpc) is 3.09. The highest BCUT2D eigenvalue weighted by molar-refractivity contribution is 7.98. The minimum absolute atomic E-state index is 0.0395. The number of hydrogen-bond acceptors (Lipinski definition) is 8. The average molecular weight is 621 g/mol. The minimum atomic E-state index is -1.26. The lowest BCUT2D eigenvalue weighted by Crippen LogP contribution is -2.45. The molecule has 0 radical (unpaired) electrons. The van der Waals surface area contributed by atoms with E-state index in [1.54, 1.807) is 0 Å². The van der Waals surface area contributed by atoms with Gasteiger partial charge in [-0.15, -0.1) is 11.8 Å². The third-order valence-corrected chi connectivity index (χ3v) is 7.37. The number of thioether (sulfide) groups is 1. The molecule has 1 unspecified atom stereocenters. The van der Waals surface area contributed by atoms with E-state index < -0.39 is 23.9 Å². The van der Waals surface area contributed by atoms with Crippen LogP contribution in [0.25, 0.3) is 0 Å². The first-order valence-electron chi connectivity index (χ1n) is 12.8. The summed E-state index contributed by atoms with van der Waals surface area (Å²) in [4.78, 5) is 44.4. The van der Waals surface area contributed by atoms with Crippen molar-refractivity contribution in [1.29, 1.82) is 0 Å². The Kier molecular flexibility index (Phi) is 14.8. The van der Waals surface area contributed by atoms with Crippen molar-refractivity contribution in [3.63, 3.8) is 0 Å². The van der Waals surface area contributed by atoms with Gasteiger partial charge in [-0.25, -0.2) is 19.2 Å². The summed E-state index contributed by atoms with van der Waals surface area (Å²) in [6.45, 7) is 6.25. The van der Waals surface area contributed by atoms with Crippen LogP contribution in [0, 0.1) is 0 Å². The third kappa shape index (κ3) is 12.9. The Hall–Kier alpha value is -3.68. The van der Waals surface area contributed by atoms with Crippen LogP contribution >= 0.6 is 23.4 Å². The maximum atomic E-state index is 9.55. The lowest BCUT2D eigenvalue weighted by Gasteiger charge is -2.32. The summed E-state index contributed by atoms with van der Waals surface area (Å²) in [5.41, 5.74) is 3.83. The highest BCUT2D eigenvalue weighted by atomic mass is 35.5. The van der Waals surface area contributed by atoms with E-state index in [1.807, 2.05) is 17.8 Å². The summed E-state index contributed by atoms with van der Waals surface area (Å²) in [5, 5.41) is 32.0. The van der Waals surface area contributed by atoms with E-state index in [4.69, 9.17) is 36.8 Å². The van der Waals surface area contributed by atoms with Crippen LogP contribution in [0.4, 0.5) is 0 Å². The molecule has 0 spiro atoms. The van der Waals surface area contributed by atoms with Crippen LogP contribution in [0.3, 0.4) is 0 Å². The number of rotatable bonds is 8. The predicted octanol–water partition coefficient (Wildman–Crippen LogP) is 3.72. The Morgan fingerprint density at radius 3 is 1.95 bits per heavy atom. The van der Waals surface area contributed by atoms with Crippen molar-refractivity contribution in [1.82, 2.24) is 9.80 Å². The second-order valence-electron chi connectivity index (χ2n) is 9.09. The summed E-state index contributed by atoms with van der Waals surface area (Å²) in [7, 11) is 2.19. The Labute approximate surface area is 252 Å². The van der Waals surface area contributed by atoms with Crippen molar-refractivity contribution in [3.8, 4) is 0 Å². The van der Waals surface area contributed by atoms with Gasteiger partial charge in [-0.1, -0.05) is 35.9 Å². The molecular formula is C29H33ClN2O9S. The number of benzene rings is 2. The van der Waals surface area contributed by atoms with Gasteiger partial charge in [0.2, 0.25) is 0 Å². The van der Waals surface area contributed by atoms with Crippen molar-refractivity contribution in [2.24, 2.45) is 0 Å². The number of carbonyl (C=O) groups is 4. The smallest absolute Gasteiger partial charge is 0.328 e. The molecule has 42 heavy (non-hydrogen) atoms. The Balaban J connectivity index is 0.000000319. The summed E-state index contributed by atoms with van der Waals surface area (Å²) < 4.78 is 6.47. The van der Waals surface area contributed by atoms with Gasteiger partial charge < -0.3 is 30.1 Å². The standard InChI is InChI=1S/C21H25ClN2OS.2C4H4O4/c1-23-8-10-24(11-9-23)12-13-25-21-18-5-3-2-4-16(18)15-26-20-7-6-17(22)14-19(20)21;2*5-3(6)1-2-4(7)8/h2-7,14,21H,8-13,15H2,1H3;2*1-2H,(H,5,6)(H,7,8)/b;2*2-1-. The molecular weight excluding hydrogens is 588 g/mol. The molecule has 0 bridgehead atoms. The summed E-state index contributed by atoms with van der Waals surface area (Å²) >= 11 is 8.19. The largest absolute Gasteiger partial charge is 0.478 e. The van der Waals surface area contributed by atoms with Crippen molar-refractivity contribution < 1.29 is 44.3 Å². The SMILES string of the molecule is CN1CCN(CCOC2c3ccccc3CSc3ccc(Cl)cc32)CC1.O=C(O)/C=C\C(=O)O.O=C(O)/C=C\C(=O)O. The van der Waals surface area contributed by atoms with Gasteiger partial charge in [-0.05, 0) is 36.4 Å². The van der Waals surface area contributed by atoms with Crippen molar-refractivity contribution in [2.75, 3.05) is 46.4 Å². The second-order valence-corrected chi connectivity index (χ2v) is 10.5. The first kappa shape index (κ1) is 34.5. The van der Waals surface area contributed by atoms with E-state index in [-0.39, 0.29) is 6.10 Å². The third-order valence-electron chi connectivity index (χ3n) is 6.00. The second kappa shape index (κ2) is 18.0. The quantitative estimate of drug-likeness (QED) is 0.317.